The molecule has 1 aliphatic rings. The Labute approximate surface area is 100 Å². The van der Waals surface area contributed by atoms with Gasteiger partial charge < -0.3 is 4.90 Å². The molecule has 2 nitrogen and oxygen atoms in total. The molecule has 0 aromatic heterocycles. The fourth-order valence-electron chi connectivity index (χ4n) is 1.77. The van der Waals surface area contributed by atoms with Crippen molar-refractivity contribution in [2.75, 3.05) is 11.4 Å². The van der Waals surface area contributed by atoms with Crippen LogP contribution in [0.1, 0.15) is 12.8 Å². The van der Waals surface area contributed by atoms with Crippen LogP contribution in [0.3, 0.4) is 0 Å². The van der Waals surface area contributed by atoms with Gasteiger partial charge >= 0.3 is 0 Å². The molecule has 1 atom stereocenters. The van der Waals surface area contributed by atoms with Crippen LogP contribution in [0.2, 0.25) is 0 Å². The van der Waals surface area contributed by atoms with Gasteiger partial charge in [-0.3, -0.25) is 4.79 Å². The van der Waals surface area contributed by atoms with Crippen LogP contribution in [0.15, 0.2) is 18.2 Å². The summed E-state index contributed by atoms with van der Waals surface area (Å²) < 4.78 is 26.2. The normalized spacial score (nSPS) is 21.3. The summed E-state index contributed by atoms with van der Waals surface area (Å²) in [5.74, 6) is -1.51. The third-order valence-corrected chi connectivity index (χ3v) is 3.42. The first-order valence-electron chi connectivity index (χ1n) is 5.00. The number of nitrogens with zero attached hydrogens (tertiary/aromatic N) is 1. The average Bonchev–Trinajstić information content (AvgIpc) is 2.23. The Morgan fingerprint density at radius 3 is 2.81 bits per heavy atom. The fourth-order valence-corrected chi connectivity index (χ4v) is 2.34. The SMILES string of the molecule is O=C1C(Br)CCCN1c1ccc(F)cc1F. The van der Waals surface area contributed by atoms with Crippen molar-refractivity contribution in [1.29, 1.82) is 0 Å². The monoisotopic (exact) mass is 289 g/mol. The summed E-state index contributed by atoms with van der Waals surface area (Å²) in [6.45, 7) is 0.476. The van der Waals surface area contributed by atoms with Gasteiger partial charge in [0.05, 0.1) is 10.5 Å². The van der Waals surface area contributed by atoms with Gasteiger partial charge in [-0.05, 0) is 25.0 Å². The topological polar surface area (TPSA) is 20.3 Å². The molecule has 1 amide bonds. The standard InChI is InChI=1S/C11H10BrF2NO/c12-8-2-1-5-15(11(8)16)10-4-3-7(13)6-9(10)14/h3-4,6,8H,1-2,5H2. The minimum atomic E-state index is -0.699. The number of halogens is 3. The van der Waals surface area contributed by atoms with Crippen LogP contribution < -0.4 is 4.90 Å². The number of carbonyl (C=O) groups excluding carboxylic acids is 1. The molecule has 1 unspecified atom stereocenters. The highest BCUT2D eigenvalue weighted by Gasteiger charge is 2.29. The number of alkyl halides is 1. The third kappa shape index (κ3) is 2.09. The predicted molar refractivity (Wildman–Crippen MR) is 60.7 cm³/mol. The summed E-state index contributed by atoms with van der Waals surface area (Å²) in [4.78, 5) is 12.9. The summed E-state index contributed by atoms with van der Waals surface area (Å²) in [6.07, 6.45) is 1.55. The zero-order valence-electron chi connectivity index (χ0n) is 8.42. The van der Waals surface area contributed by atoms with Crippen molar-refractivity contribution in [3.63, 3.8) is 0 Å². The maximum atomic E-state index is 13.5. The molecule has 0 radical (unpaired) electrons. The molecule has 0 saturated carbocycles. The molecular formula is C11H10BrF2NO. The lowest BCUT2D eigenvalue weighted by molar-refractivity contribution is -0.118. The summed E-state index contributed by atoms with van der Waals surface area (Å²) in [5, 5.41) is 0. The quantitative estimate of drug-likeness (QED) is 0.728. The molecule has 16 heavy (non-hydrogen) atoms. The molecular weight excluding hydrogens is 280 g/mol. The molecule has 5 heteroatoms. The molecule has 0 N–H and O–H groups in total. The fraction of sp³-hybridized carbons (Fsp3) is 0.364. The number of piperidine rings is 1. The van der Waals surface area contributed by atoms with Gasteiger partial charge in [-0.2, -0.15) is 0 Å². The molecule has 0 bridgehead atoms. The highest BCUT2D eigenvalue weighted by atomic mass is 79.9. The van der Waals surface area contributed by atoms with Gasteiger partial charge in [0.2, 0.25) is 5.91 Å². The van der Waals surface area contributed by atoms with Crippen LogP contribution in [0, 0.1) is 11.6 Å². The van der Waals surface area contributed by atoms with Crippen molar-refractivity contribution in [3.05, 3.63) is 29.8 Å². The van der Waals surface area contributed by atoms with E-state index < -0.39 is 11.6 Å². The van der Waals surface area contributed by atoms with Crippen molar-refractivity contribution in [3.8, 4) is 0 Å². The predicted octanol–water partition coefficient (Wildman–Crippen LogP) is 2.86. The molecule has 1 aromatic carbocycles. The largest absolute Gasteiger partial charge is 0.309 e. The van der Waals surface area contributed by atoms with E-state index in [0.29, 0.717) is 6.54 Å². The molecule has 1 aliphatic heterocycles. The maximum absolute atomic E-state index is 13.5. The third-order valence-electron chi connectivity index (χ3n) is 2.57. The lowest BCUT2D eigenvalue weighted by atomic mass is 10.1. The van der Waals surface area contributed by atoms with E-state index in [1.165, 1.54) is 11.0 Å². The lowest BCUT2D eigenvalue weighted by Crippen LogP contribution is -2.42. The van der Waals surface area contributed by atoms with Crippen molar-refractivity contribution in [2.24, 2.45) is 0 Å². The van der Waals surface area contributed by atoms with E-state index in [0.717, 1.165) is 25.0 Å². The number of amides is 1. The summed E-state index contributed by atoms with van der Waals surface area (Å²) in [7, 11) is 0. The number of hydrogen-bond acceptors (Lipinski definition) is 1. The second-order valence-electron chi connectivity index (χ2n) is 3.70. The second kappa shape index (κ2) is 4.49. The summed E-state index contributed by atoms with van der Waals surface area (Å²) in [5.41, 5.74) is 0.149. The van der Waals surface area contributed by atoms with Gasteiger partial charge in [-0.15, -0.1) is 0 Å². The van der Waals surface area contributed by atoms with Crippen molar-refractivity contribution >= 4 is 27.5 Å². The van der Waals surface area contributed by atoms with Crippen LogP contribution in [-0.4, -0.2) is 17.3 Å². The molecule has 0 spiro atoms. The highest BCUT2D eigenvalue weighted by Crippen LogP contribution is 2.27. The first kappa shape index (κ1) is 11.5. The van der Waals surface area contributed by atoms with E-state index in [1.807, 2.05) is 0 Å². The van der Waals surface area contributed by atoms with Crippen molar-refractivity contribution in [2.45, 2.75) is 17.7 Å². The van der Waals surface area contributed by atoms with Gasteiger partial charge in [0.25, 0.3) is 0 Å². The second-order valence-corrected chi connectivity index (χ2v) is 4.80. The van der Waals surface area contributed by atoms with Gasteiger partial charge in [0, 0.05) is 12.6 Å². The zero-order valence-corrected chi connectivity index (χ0v) is 10.0. The first-order chi connectivity index (χ1) is 7.59. The lowest BCUT2D eigenvalue weighted by Gasteiger charge is -2.30. The van der Waals surface area contributed by atoms with E-state index in [9.17, 15) is 13.6 Å². The van der Waals surface area contributed by atoms with E-state index in [2.05, 4.69) is 15.9 Å². The van der Waals surface area contributed by atoms with Crippen LogP contribution >= 0.6 is 15.9 Å². The Morgan fingerprint density at radius 1 is 1.38 bits per heavy atom. The highest BCUT2D eigenvalue weighted by molar-refractivity contribution is 9.10. The molecule has 0 aliphatic carbocycles. The van der Waals surface area contributed by atoms with Gasteiger partial charge in [-0.25, -0.2) is 8.78 Å². The van der Waals surface area contributed by atoms with Crippen LogP contribution in [0.5, 0.6) is 0 Å². The number of carbonyl (C=O) groups is 1. The van der Waals surface area contributed by atoms with Crippen LogP contribution in [0.25, 0.3) is 0 Å². The summed E-state index contributed by atoms with van der Waals surface area (Å²) >= 11 is 3.24. The number of benzene rings is 1. The van der Waals surface area contributed by atoms with Gasteiger partial charge in [0.1, 0.15) is 11.6 Å². The Hall–Kier alpha value is -0.970. The number of anilines is 1. The minimum absolute atomic E-state index is 0.149. The Balaban J connectivity index is 2.32. The minimum Gasteiger partial charge on any atom is -0.309 e. The summed E-state index contributed by atoms with van der Waals surface area (Å²) in [6, 6.07) is 3.25. The molecule has 1 saturated heterocycles. The van der Waals surface area contributed by atoms with Gasteiger partial charge in [-0.1, -0.05) is 15.9 Å². The first-order valence-corrected chi connectivity index (χ1v) is 5.91. The zero-order chi connectivity index (χ0) is 11.7. The maximum Gasteiger partial charge on any atom is 0.240 e. The molecule has 86 valence electrons. The molecule has 1 fully saturated rings. The molecule has 2 rings (SSSR count). The van der Waals surface area contributed by atoms with Crippen molar-refractivity contribution in [1.82, 2.24) is 0 Å². The van der Waals surface area contributed by atoms with E-state index in [-0.39, 0.29) is 16.4 Å². The number of hydrogen-bond donors (Lipinski definition) is 0. The molecule has 1 aromatic rings. The Morgan fingerprint density at radius 2 is 2.12 bits per heavy atom. The van der Waals surface area contributed by atoms with E-state index >= 15 is 0 Å². The Kier molecular flexibility index (Phi) is 3.23. The van der Waals surface area contributed by atoms with Crippen LogP contribution in [-0.2, 0) is 4.79 Å². The molecule has 1 heterocycles. The number of rotatable bonds is 1. The van der Waals surface area contributed by atoms with Crippen molar-refractivity contribution < 1.29 is 13.6 Å². The smallest absolute Gasteiger partial charge is 0.240 e. The average molecular weight is 290 g/mol. The van der Waals surface area contributed by atoms with E-state index in [4.69, 9.17) is 0 Å². The van der Waals surface area contributed by atoms with Crippen LogP contribution in [0.4, 0.5) is 14.5 Å². The van der Waals surface area contributed by atoms with Gasteiger partial charge in [0.15, 0.2) is 0 Å². The Bertz CT molecular complexity index is 424. The van der Waals surface area contributed by atoms with E-state index in [1.54, 1.807) is 0 Å².